The van der Waals surface area contributed by atoms with Crippen LogP contribution in [0.1, 0.15) is 23.2 Å². The van der Waals surface area contributed by atoms with E-state index in [9.17, 15) is 21.6 Å². The quantitative estimate of drug-likeness (QED) is 0.391. The molecule has 0 bridgehead atoms. The number of H-pyrrole nitrogens is 1. The average Bonchev–Trinajstić information content (AvgIpc) is 3.33. The number of methoxy groups -OCH3 is 1. The van der Waals surface area contributed by atoms with Crippen molar-refractivity contribution < 1.29 is 31.1 Å². The first-order valence-electron chi connectivity index (χ1n) is 11.8. The monoisotopic (exact) mass is 538 g/mol. The van der Waals surface area contributed by atoms with E-state index in [4.69, 9.17) is 9.47 Å². The fourth-order valence-corrected chi connectivity index (χ4v) is 5.41. The number of aryl methyl sites for hydroxylation is 1. The normalized spacial score (nSPS) is 16.9. The number of imidazole rings is 1. The second kappa shape index (κ2) is 11.5. The maximum Gasteiger partial charge on any atom is 0.511 e. The molecule has 1 atom stereocenters. The minimum atomic E-state index is -5.60. The summed E-state index contributed by atoms with van der Waals surface area (Å²) in [5, 5.41) is 0. The number of nitrogens with zero attached hydrogens (tertiary/aromatic N) is 3. The van der Waals surface area contributed by atoms with Crippen molar-refractivity contribution in [3.8, 4) is 5.75 Å². The molecule has 0 aliphatic carbocycles. The van der Waals surface area contributed by atoms with E-state index in [0.29, 0.717) is 40.7 Å². The van der Waals surface area contributed by atoms with E-state index in [1.165, 1.54) is 13.4 Å². The molecule has 0 unspecified atom stereocenters. The van der Waals surface area contributed by atoms with Gasteiger partial charge in [-0.1, -0.05) is 36.4 Å². The molecule has 0 fully saturated rings. The lowest BCUT2D eigenvalue weighted by molar-refractivity contribution is -0.0492. The molecule has 1 N–H and O–H groups in total. The van der Waals surface area contributed by atoms with Gasteiger partial charge in [-0.3, -0.25) is 0 Å². The van der Waals surface area contributed by atoms with Crippen molar-refractivity contribution in [1.82, 2.24) is 14.3 Å². The zero-order valence-corrected chi connectivity index (χ0v) is 21.1. The molecule has 8 nitrogen and oxygen atoms in total. The smallest absolute Gasteiger partial charge is 0.491 e. The minimum Gasteiger partial charge on any atom is -0.491 e. The fourth-order valence-electron chi connectivity index (χ4n) is 4.45. The van der Waals surface area contributed by atoms with Gasteiger partial charge >= 0.3 is 15.5 Å². The molecule has 2 heterocycles. The highest BCUT2D eigenvalue weighted by molar-refractivity contribution is 7.89. The molecular weight excluding hydrogens is 509 g/mol. The first-order chi connectivity index (χ1) is 17.7. The largest absolute Gasteiger partial charge is 0.511 e. The summed E-state index contributed by atoms with van der Waals surface area (Å²) in [7, 11) is -4.09. The van der Waals surface area contributed by atoms with Crippen molar-refractivity contribution in [1.29, 1.82) is 0 Å². The Morgan fingerprint density at radius 3 is 2.57 bits per heavy atom. The molecule has 0 saturated carbocycles. The fraction of sp³-hybridized carbons (Fsp3) is 0.400. The summed E-state index contributed by atoms with van der Waals surface area (Å²) >= 11 is 0. The molecule has 0 radical (unpaired) electrons. The van der Waals surface area contributed by atoms with Gasteiger partial charge in [0.25, 0.3) is 0 Å². The summed E-state index contributed by atoms with van der Waals surface area (Å²) in [5.41, 5.74) is -2.69. The van der Waals surface area contributed by atoms with Gasteiger partial charge < -0.3 is 19.4 Å². The van der Waals surface area contributed by atoms with E-state index in [0.717, 1.165) is 11.3 Å². The van der Waals surface area contributed by atoms with Crippen molar-refractivity contribution in [2.24, 2.45) is 0 Å². The molecule has 2 aromatic carbocycles. The molecule has 0 saturated heterocycles. The standard InChI is InChI=1S/C25H29F3N4O4S/c1-35-12-13-36-24-9-5-8-23-22(24)17-31(37(33,34)25(26,27)28)16-21(11-10-19-6-3-2-4-7-19)32(23)15-20-14-29-18-30-20/h2-9,14,18,21H,10-13,15-17H2,1H3,(H,29,30)/t21-/m0/s1. The van der Waals surface area contributed by atoms with Crippen LogP contribution in [0.5, 0.6) is 5.75 Å². The van der Waals surface area contributed by atoms with Gasteiger partial charge in [-0.2, -0.15) is 17.5 Å². The molecule has 1 aromatic heterocycles. The van der Waals surface area contributed by atoms with Gasteiger partial charge in [0.2, 0.25) is 0 Å². The van der Waals surface area contributed by atoms with Crippen molar-refractivity contribution >= 4 is 15.7 Å². The molecular formula is C25H29F3N4O4S. The number of hydrogen-bond acceptors (Lipinski definition) is 6. The van der Waals surface area contributed by atoms with Crippen LogP contribution in [0.4, 0.5) is 18.9 Å². The number of aromatic amines is 1. The lowest BCUT2D eigenvalue weighted by Gasteiger charge is -2.34. The highest BCUT2D eigenvalue weighted by atomic mass is 32.2. The van der Waals surface area contributed by atoms with Gasteiger partial charge in [-0.15, -0.1) is 0 Å². The topological polar surface area (TPSA) is 87.8 Å². The highest BCUT2D eigenvalue weighted by Crippen LogP contribution is 2.39. The third kappa shape index (κ3) is 6.25. The lowest BCUT2D eigenvalue weighted by Crippen LogP contribution is -2.47. The van der Waals surface area contributed by atoms with Crippen molar-refractivity contribution in [2.45, 2.75) is 37.5 Å². The van der Waals surface area contributed by atoms with Crippen molar-refractivity contribution in [3.63, 3.8) is 0 Å². The predicted octanol–water partition coefficient (Wildman–Crippen LogP) is 4.11. The van der Waals surface area contributed by atoms with Gasteiger partial charge in [-0.05, 0) is 30.5 Å². The summed E-state index contributed by atoms with van der Waals surface area (Å²) in [4.78, 5) is 9.05. The number of alkyl halides is 3. The van der Waals surface area contributed by atoms with E-state index < -0.39 is 28.1 Å². The van der Waals surface area contributed by atoms with Crippen LogP contribution in [-0.2, 0) is 34.3 Å². The molecule has 200 valence electrons. The summed E-state index contributed by atoms with van der Waals surface area (Å²) in [5.74, 6) is 0.315. The Bertz CT molecular complexity index is 1250. The second-order valence-electron chi connectivity index (χ2n) is 8.72. The third-order valence-electron chi connectivity index (χ3n) is 6.29. The van der Waals surface area contributed by atoms with Crippen LogP contribution in [0.3, 0.4) is 0 Å². The number of benzene rings is 2. The summed E-state index contributed by atoms with van der Waals surface area (Å²) < 4.78 is 78.0. The molecule has 0 spiro atoms. The van der Waals surface area contributed by atoms with Crippen molar-refractivity contribution in [2.75, 3.05) is 31.8 Å². The van der Waals surface area contributed by atoms with Crippen LogP contribution in [0, 0.1) is 0 Å². The number of aromatic nitrogens is 2. The van der Waals surface area contributed by atoms with Crippen LogP contribution in [0.25, 0.3) is 0 Å². The Hall–Kier alpha value is -3.09. The Morgan fingerprint density at radius 2 is 1.89 bits per heavy atom. The summed E-state index contributed by atoms with van der Waals surface area (Å²) in [6, 6.07) is 14.2. The molecule has 1 aliphatic heterocycles. The van der Waals surface area contributed by atoms with E-state index in [1.54, 1.807) is 24.4 Å². The SMILES string of the molecule is COCCOc1cccc2c1CN(S(=O)(=O)C(F)(F)F)C[C@H](CCc1ccccc1)N2Cc1cnc[nH]1. The number of sulfonamides is 1. The summed E-state index contributed by atoms with van der Waals surface area (Å²) in [6.45, 7) is -0.0761. The van der Waals surface area contributed by atoms with Crippen LogP contribution < -0.4 is 9.64 Å². The van der Waals surface area contributed by atoms with Gasteiger partial charge in [-0.25, -0.2) is 13.4 Å². The molecule has 12 heteroatoms. The number of nitrogens with one attached hydrogen (secondary N) is 1. The number of halogens is 3. The van der Waals surface area contributed by atoms with E-state index in [-0.39, 0.29) is 19.8 Å². The van der Waals surface area contributed by atoms with Crippen LogP contribution in [-0.4, -0.2) is 61.1 Å². The maximum atomic E-state index is 13.8. The maximum absolute atomic E-state index is 13.8. The van der Waals surface area contributed by atoms with Crippen LogP contribution in [0.15, 0.2) is 61.1 Å². The Balaban J connectivity index is 1.79. The van der Waals surface area contributed by atoms with Gasteiger partial charge in [0.15, 0.2) is 0 Å². The molecule has 1 aliphatic rings. The number of fused-ring (bicyclic) bond motifs is 1. The zero-order valence-electron chi connectivity index (χ0n) is 20.3. The highest BCUT2D eigenvalue weighted by Gasteiger charge is 2.51. The molecule has 37 heavy (non-hydrogen) atoms. The Labute approximate surface area is 214 Å². The average molecular weight is 539 g/mol. The van der Waals surface area contributed by atoms with Crippen LogP contribution >= 0.6 is 0 Å². The third-order valence-corrected chi connectivity index (χ3v) is 7.83. The van der Waals surface area contributed by atoms with Crippen molar-refractivity contribution in [3.05, 3.63) is 77.9 Å². The van der Waals surface area contributed by atoms with Gasteiger partial charge in [0.05, 0.1) is 25.2 Å². The molecule has 4 rings (SSSR count). The van der Waals surface area contributed by atoms with Gasteiger partial charge in [0, 0.05) is 43.7 Å². The van der Waals surface area contributed by atoms with E-state index in [1.807, 2.05) is 35.2 Å². The first kappa shape index (κ1) is 27.0. The first-order valence-corrected chi connectivity index (χ1v) is 13.2. The lowest BCUT2D eigenvalue weighted by atomic mass is 10.0. The molecule has 3 aromatic rings. The zero-order chi connectivity index (χ0) is 26.5. The van der Waals surface area contributed by atoms with Crippen LogP contribution in [0.2, 0.25) is 0 Å². The molecule has 0 amide bonds. The summed E-state index contributed by atoms with van der Waals surface area (Å²) in [6.07, 6.45) is 4.15. The van der Waals surface area contributed by atoms with Gasteiger partial charge in [0.1, 0.15) is 12.4 Å². The minimum absolute atomic E-state index is 0.164. The predicted molar refractivity (Wildman–Crippen MR) is 133 cm³/mol. The number of hydrogen-bond donors (Lipinski definition) is 1. The van der Waals surface area contributed by atoms with E-state index >= 15 is 0 Å². The number of anilines is 1. The Kier molecular flexibility index (Phi) is 8.40. The Morgan fingerprint density at radius 1 is 1.11 bits per heavy atom. The number of rotatable bonds is 10. The number of ether oxygens (including phenoxy) is 2. The van der Waals surface area contributed by atoms with E-state index in [2.05, 4.69) is 9.97 Å². The second-order valence-corrected chi connectivity index (χ2v) is 10.7.